The summed E-state index contributed by atoms with van der Waals surface area (Å²) in [5, 5.41) is 5.25. The van der Waals surface area contributed by atoms with Gasteiger partial charge in [0.25, 0.3) is 0 Å². The normalized spacial score (nSPS) is 15.0. The first kappa shape index (κ1) is 27.9. The first-order valence-corrected chi connectivity index (χ1v) is 17.8. The third kappa shape index (κ3) is 3.72. The summed E-state index contributed by atoms with van der Waals surface area (Å²) in [4.78, 5) is 2.48. The molecule has 0 amide bonds. The van der Waals surface area contributed by atoms with Crippen molar-refractivity contribution in [3.8, 4) is 22.3 Å². The van der Waals surface area contributed by atoms with Gasteiger partial charge >= 0.3 is 0 Å². The summed E-state index contributed by atoms with van der Waals surface area (Å²) in [5.74, 6) is 0. The Morgan fingerprint density at radius 2 is 0.917 bits per heavy atom. The number of rotatable bonds is 3. The molecule has 0 atom stereocenters. The van der Waals surface area contributed by atoms with Gasteiger partial charge in [-0.05, 0) is 104 Å². The van der Waals surface area contributed by atoms with Crippen LogP contribution in [0.2, 0.25) is 0 Å². The van der Waals surface area contributed by atoms with E-state index in [1.165, 1.54) is 92.5 Å². The highest BCUT2D eigenvalue weighted by Gasteiger charge is 2.37. The maximum Gasteiger partial charge on any atom is 0.0468 e. The highest BCUT2D eigenvalue weighted by Crippen LogP contribution is 2.53. The van der Waals surface area contributed by atoms with Crippen molar-refractivity contribution >= 4 is 59.3 Å². The number of hydrogen-bond donors (Lipinski definition) is 0. The minimum atomic E-state index is -0.0350. The van der Waals surface area contributed by atoms with Crippen LogP contribution in [0.5, 0.6) is 0 Å². The van der Waals surface area contributed by atoms with Crippen molar-refractivity contribution in [3.63, 3.8) is 0 Å². The van der Waals surface area contributed by atoms with E-state index in [4.69, 9.17) is 0 Å². The summed E-state index contributed by atoms with van der Waals surface area (Å²) in [6.45, 7) is 9.42. The van der Waals surface area contributed by atoms with Crippen LogP contribution in [0.25, 0.3) is 53.2 Å². The quantitative estimate of drug-likeness (QED) is 0.187. The molecule has 0 N–H and O–H groups in total. The molecule has 48 heavy (non-hydrogen) atoms. The van der Waals surface area contributed by atoms with E-state index < -0.39 is 0 Å². The molecule has 2 aliphatic rings. The average Bonchev–Trinajstić information content (AvgIpc) is 3.68. The molecule has 0 aliphatic heterocycles. The van der Waals surface area contributed by atoms with Crippen molar-refractivity contribution in [2.75, 3.05) is 4.90 Å². The molecule has 0 bridgehead atoms. The fourth-order valence-corrected chi connectivity index (χ4v) is 9.93. The highest BCUT2D eigenvalue weighted by atomic mass is 32.1. The average molecular weight is 634 g/mol. The Balaban J connectivity index is 1.24. The van der Waals surface area contributed by atoms with Crippen LogP contribution >= 0.6 is 11.3 Å². The van der Waals surface area contributed by atoms with Crippen LogP contribution in [-0.2, 0) is 10.8 Å². The van der Waals surface area contributed by atoms with Gasteiger partial charge in [0.2, 0.25) is 0 Å². The molecule has 8 aromatic rings. The second-order valence-corrected chi connectivity index (χ2v) is 15.7. The Morgan fingerprint density at radius 3 is 1.56 bits per heavy atom. The Bertz CT molecular complexity index is 2530. The molecule has 1 aromatic heterocycles. The molecule has 0 fully saturated rings. The van der Waals surface area contributed by atoms with Crippen LogP contribution in [0.3, 0.4) is 0 Å². The van der Waals surface area contributed by atoms with Gasteiger partial charge in [0.15, 0.2) is 0 Å². The fraction of sp³-hybridized carbons (Fsp3) is 0.130. The van der Waals surface area contributed by atoms with Crippen molar-refractivity contribution in [2.24, 2.45) is 0 Å². The van der Waals surface area contributed by atoms with Gasteiger partial charge in [-0.15, -0.1) is 11.3 Å². The van der Waals surface area contributed by atoms with E-state index in [1.54, 1.807) is 0 Å². The third-order valence-electron chi connectivity index (χ3n) is 11.3. The number of benzene rings is 7. The second-order valence-electron chi connectivity index (χ2n) is 14.6. The number of anilines is 3. The molecule has 2 aliphatic carbocycles. The Labute approximate surface area is 285 Å². The minimum Gasteiger partial charge on any atom is -0.310 e. The standard InChI is InChI=1S/C46H35NS/c1-45(2)38-14-8-5-11-32(38)36-26-30(20-22-40(36)45)47(31-21-23-41-37(27-31)33-12-6-9-15-39(33)46(41,3)4)29-19-17-28-18-24-43-44(35(28)25-29)34-13-7-10-16-42(34)48-43/h5-27H,1-4H3. The molecule has 0 spiro atoms. The number of thiophene rings is 1. The fourth-order valence-electron chi connectivity index (χ4n) is 8.81. The maximum absolute atomic E-state index is 2.48. The smallest absolute Gasteiger partial charge is 0.0468 e. The molecule has 230 valence electrons. The van der Waals surface area contributed by atoms with Gasteiger partial charge in [0.05, 0.1) is 0 Å². The third-order valence-corrected chi connectivity index (χ3v) is 12.4. The monoisotopic (exact) mass is 633 g/mol. The van der Waals surface area contributed by atoms with E-state index in [-0.39, 0.29) is 10.8 Å². The predicted molar refractivity (Wildman–Crippen MR) is 207 cm³/mol. The molecule has 1 nitrogen and oxygen atoms in total. The number of hydrogen-bond acceptors (Lipinski definition) is 2. The van der Waals surface area contributed by atoms with Crippen molar-refractivity contribution in [2.45, 2.75) is 38.5 Å². The molecule has 2 heteroatoms. The second kappa shape index (κ2) is 9.69. The number of nitrogens with zero attached hydrogens (tertiary/aromatic N) is 1. The van der Waals surface area contributed by atoms with Gasteiger partial charge in [-0.25, -0.2) is 0 Å². The molecule has 1 heterocycles. The van der Waals surface area contributed by atoms with Gasteiger partial charge < -0.3 is 4.90 Å². The summed E-state index contributed by atoms with van der Waals surface area (Å²) in [6, 6.07) is 52.6. The Morgan fingerprint density at radius 1 is 0.417 bits per heavy atom. The van der Waals surface area contributed by atoms with Gasteiger partial charge in [0.1, 0.15) is 0 Å². The molecule has 7 aromatic carbocycles. The topological polar surface area (TPSA) is 3.24 Å². The lowest BCUT2D eigenvalue weighted by molar-refractivity contribution is 0.660. The van der Waals surface area contributed by atoms with Gasteiger partial charge in [-0.2, -0.15) is 0 Å². The number of fused-ring (bicyclic) bond motifs is 11. The summed E-state index contributed by atoms with van der Waals surface area (Å²) in [7, 11) is 0. The molecule has 10 rings (SSSR count). The van der Waals surface area contributed by atoms with E-state index in [9.17, 15) is 0 Å². The maximum atomic E-state index is 2.48. The summed E-state index contributed by atoms with van der Waals surface area (Å²) < 4.78 is 2.67. The molecular formula is C46H35NS. The summed E-state index contributed by atoms with van der Waals surface area (Å²) in [5.41, 5.74) is 14.4. The highest BCUT2D eigenvalue weighted by molar-refractivity contribution is 7.26. The van der Waals surface area contributed by atoms with Crippen LogP contribution in [-0.4, -0.2) is 0 Å². The predicted octanol–water partition coefficient (Wildman–Crippen LogP) is 13.3. The van der Waals surface area contributed by atoms with Gasteiger partial charge in [-0.1, -0.05) is 119 Å². The van der Waals surface area contributed by atoms with Crippen LogP contribution < -0.4 is 4.90 Å². The first-order valence-electron chi connectivity index (χ1n) is 16.9. The largest absolute Gasteiger partial charge is 0.310 e. The molecule has 0 unspecified atom stereocenters. The lowest BCUT2D eigenvalue weighted by Crippen LogP contribution is -2.16. The first-order chi connectivity index (χ1) is 23.3. The Hall–Kier alpha value is -5.18. The molecule has 0 saturated carbocycles. The van der Waals surface area contributed by atoms with Crippen molar-refractivity contribution in [1.82, 2.24) is 0 Å². The summed E-state index contributed by atoms with van der Waals surface area (Å²) >= 11 is 1.88. The van der Waals surface area contributed by atoms with E-state index >= 15 is 0 Å². The van der Waals surface area contributed by atoms with E-state index in [0.717, 1.165) is 0 Å². The Kier molecular flexibility index (Phi) is 5.63. The van der Waals surface area contributed by atoms with Gasteiger partial charge in [0, 0.05) is 48.1 Å². The summed E-state index contributed by atoms with van der Waals surface area (Å²) in [6.07, 6.45) is 0. The van der Waals surface area contributed by atoms with E-state index in [0.29, 0.717) is 0 Å². The van der Waals surface area contributed by atoms with Crippen molar-refractivity contribution in [1.29, 1.82) is 0 Å². The SMILES string of the molecule is CC1(C)c2ccccc2-c2cc(N(c3ccc4c(c3)-c3ccccc3C4(C)C)c3ccc4ccc5sc6ccccc6c5c4c3)ccc21. The molecule has 0 radical (unpaired) electrons. The van der Waals surface area contributed by atoms with Gasteiger partial charge in [-0.3, -0.25) is 0 Å². The van der Waals surface area contributed by atoms with E-state index in [1.807, 2.05) is 11.3 Å². The van der Waals surface area contributed by atoms with Crippen molar-refractivity contribution < 1.29 is 0 Å². The minimum absolute atomic E-state index is 0.0350. The zero-order valence-corrected chi connectivity index (χ0v) is 28.5. The molecular weight excluding hydrogens is 599 g/mol. The van der Waals surface area contributed by atoms with Crippen LogP contribution in [0.4, 0.5) is 17.1 Å². The van der Waals surface area contributed by atoms with Crippen LogP contribution in [0.15, 0.2) is 140 Å². The van der Waals surface area contributed by atoms with Crippen LogP contribution in [0.1, 0.15) is 49.9 Å². The lowest BCUT2D eigenvalue weighted by atomic mass is 9.82. The zero-order valence-electron chi connectivity index (χ0n) is 27.6. The van der Waals surface area contributed by atoms with E-state index in [2.05, 4.69) is 172 Å². The lowest BCUT2D eigenvalue weighted by Gasteiger charge is -2.28. The van der Waals surface area contributed by atoms with Crippen molar-refractivity contribution in [3.05, 3.63) is 162 Å². The zero-order chi connectivity index (χ0) is 32.4. The van der Waals surface area contributed by atoms with Crippen LogP contribution in [0, 0.1) is 0 Å². The molecule has 0 saturated heterocycles.